The Hall–Kier alpha value is -2.63. The van der Waals surface area contributed by atoms with Gasteiger partial charge in [-0.05, 0) is 35.4 Å². The minimum atomic E-state index is -0.0948. The summed E-state index contributed by atoms with van der Waals surface area (Å²) in [5.41, 5.74) is 2.98. The molecule has 1 aliphatic rings. The van der Waals surface area contributed by atoms with E-state index < -0.39 is 0 Å². The lowest BCUT2D eigenvalue weighted by Crippen LogP contribution is -2.35. The number of hydrogen-bond acceptors (Lipinski definition) is 4. The van der Waals surface area contributed by atoms with Crippen LogP contribution in [-0.4, -0.2) is 43.7 Å². The molecule has 0 aliphatic carbocycles. The standard InChI is InChI=1S/C22H26N2O3/c1-2-13-27-21-9-7-20(8-10-21)22(25)23-16-18-3-5-19(6-4-18)17-24-11-14-26-15-12-24/h2-10H,1,11-17H2,(H,23,25). The van der Waals surface area contributed by atoms with E-state index >= 15 is 0 Å². The zero-order valence-electron chi connectivity index (χ0n) is 15.5. The maximum absolute atomic E-state index is 12.3. The van der Waals surface area contributed by atoms with Gasteiger partial charge < -0.3 is 14.8 Å². The molecule has 1 heterocycles. The number of ether oxygens (including phenoxy) is 2. The van der Waals surface area contributed by atoms with Crippen molar-refractivity contribution < 1.29 is 14.3 Å². The predicted molar refractivity (Wildman–Crippen MR) is 106 cm³/mol. The van der Waals surface area contributed by atoms with Crippen LogP contribution >= 0.6 is 0 Å². The molecular formula is C22H26N2O3. The Labute approximate surface area is 160 Å². The maximum atomic E-state index is 12.3. The minimum absolute atomic E-state index is 0.0948. The highest BCUT2D eigenvalue weighted by Gasteiger charge is 2.10. The predicted octanol–water partition coefficient (Wildman–Crippen LogP) is 3.01. The molecule has 0 bridgehead atoms. The van der Waals surface area contributed by atoms with Crippen molar-refractivity contribution in [1.82, 2.24) is 10.2 Å². The first-order valence-electron chi connectivity index (χ1n) is 9.24. The van der Waals surface area contributed by atoms with Crippen LogP contribution < -0.4 is 10.1 Å². The van der Waals surface area contributed by atoms with Crippen molar-refractivity contribution >= 4 is 5.91 Å². The molecule has 0 saturated carbocycles. The smallest absolute Gasteiger partial charge is 0.251 e. The molecule has 5 heteroatoms. The Morgan fingerprint density at radius 2 is 1.74 bits per heavy atom. The summed E-state index contributed by atoms with van der Waals surface area (Å²) >= 11 is 0. The summed E-state index contributed by atoms with van der Waals surface area (Å²) in [6.45, 7) is 9.09. The maximum Gasteiger partial charge on any atom is 0.251 e. The first kappa shape index (κ1) is 19.1. The van der Waals surface area contributed by atoms with Crippen LogP contribution in [0.2, 0.25) is 0 Å². The SMILES string of the molecule is C=CCOc1ccc(C(=O)NCc2ccc(CN3CCOCC3)cc2)cc1. The molecule has 0 aromatic heterocycles. The third-order valence-electron chi connectivity index (χ3n) is 4.47. The van der Waals surface area contributed by atoms with Gasteiger partial charge in [0.05, 0.1) is 13.2 Å². The summed E-state index contributed by atoms with van der Waals surface area (Å²) in [4.78, 5) is 14.7. The van der Waals surface area contributed by atoms with Gasteiger partial charge >= 0.3 is 0 Å². The van der Waals surface area contributed by atoms with Crippen LogP contribution in [0.4, 0.5) is 0 Å². The molecular weight excluding hydrogens is 340 g/mol. The lowest BCUT2D eigenvalue weighted by molar-refractivity contribution is 0.0342. The molecule has 27 heavy (non-hydrogen) atoms. The Morgan fingerprint density at radius 3 is 2.41 bits per heavy atom. The molecule has 1 amide bonds. The molecule has 0 spiro atoms. The number of benzene rings is 2. The van der Waals surface area contributed by atoms with Crippen molar-refractivity contribution in [1.29, 1.82) is 0 Å². The van der Waals surface area contributed by atoms with Crippen LogP contribution in [0, 0.1) is 0 Å². The van der Waals surface area contributed by atoms with E-state index in [0.717, 1.165) is 44.2 Å². The average Bonchev–Trinajstić information content (AvgIpc) is 2.72. The number of morpholine rings is 1. The van der Waals surface area contributed by atoms with Crippen LogP contribution in [0.1, 0.15) is 21.5 Å². The van der Waals surface area contributed by atoms with Crippen LogP contribution in [0.15, 0.2) is 61.2 Å². The van der Waals surface area contributed by atoms with Crippen molar-refractivity contribution in [2.45, 2.75) is 13.1 Å². The molecule has 3 rings (SSSR count). The van der Waals surface area contributed by atoms with Crippen molar-refractivity contribution in [3.05, 3.63) is 77.9 Å². The van der Waals surface area contributed by atoms with Crippen LogP contribution in [0.5, 0.6) is 5.75 Å². The number of nitrogens with zero attached hydrogens (tertiary/aromatic N) is 1. The summed E-state index contributed by atoms with van der Waals surface area (Å²) < 4.78 is 10.8. The number of carbonyl (C=O) groups excluding carboxylic acids is 1. The van der Waals surface area contributed by atoms with Crippen LogP contribution in [0.25, 0.3) is 0 Å². The molecule has 1 fully saturated rings. The van der Waals surface area contributed by atoms with Crippen molar-refractivity contribution in [2.75, 3.05) is 32.9 Å². The number of rotatable bonds is 8. The van der Waals surface area contributed by atoms with E-state index in [9.17, 15) is 4.79 Å². The van der Waals surface area contributed by atoms with Crippen LogP contribution in [0.3, 0.4) is 0 Å². The number of amides is 1. The highest BCUT2D eigenvalue weighted by Crippen LogP contribution is 2.13. The lowest BCUT2D eigenvalue weighted by Gasteiger charge is -2.26. The number of nitrogens with one attached hydrogen (secondary N) is 1. The third kappa shape index (κ3) is 5.94. The molecule has 1 aliphatic heterocycles. The second kappa shape index (κ2) is 9.90. The zero-order chi connectivity index (χ0) is 18.9. The van der Waals surface area contributed by atoms with E-state index in [2.05, 4.69) is 41.1 Å². The fourth-order valence-electron chi connectivity index (χ4n) is 2.92. The van der Waals surface area contributed by atoms with Gasteiger partial charge in [0.25, 0.3) is 5.91 Å². The first-order chi connectivity index (χ1) is 13.2. The Morgan fingerprint density at radius 1 is 1.07 bits per heavy atom. The van der Waals surface area contributed by atoms with E-state index in [0.29, 0.717) is 18.7 Å². The number of carbonyl (C=O) groups is 1. The summed E-state index contributed by atoms with van der Waals surface area (Å²) in [5.74, 6) is 0.630. The second-order valence-electron chi connectivity index (χ2n) is 6.51. The van der Waals surface area contributed by atoms with Gasteiger partial charge in [-0.1, -0.05) is 36.9 Å². The lowest BCUT2D eigenvalue weighted by atomic mass is 10.1. The van der Waals surface area contributed by atoms with Crippen molar-refractivity contribution in [3.63, 3.8) is 0 Å². The van der Waals surface area contributed by atoms with Gasteiger partial charge in [-0.3, -0.25) is 9.69 Å². The van der Waals surface area contributed by atoms with Gasteiger partial charge in [0.1, 0.15) is 12.4 Å². The van der Waals surface area contributed by atoms with E-state index in [1.165, 1.54) is 5.56 Å². The molecule has 1 N–H and O–H groups in total. The molecule has 0 radical (unpaired) electrons. The highest BCUT2D eigenvalue weighted by atomic mass is 16.5. The van der Waals surface area contributed by atoms with Crippen molar-refractivity contribution in [3.8, 4) is 5.75 Å². The average molecular weight is 366 g/mol. The largest absolute Gasteiger partial charge is 0.490 e. The van der Waals surface area contributed by atoms with Gasteiger partial charge in [0.15, 0.2) is 0 Å². The van der Waals surface area contributed by atoms with E-state index in [1.807, 2.05) is 0 Å². The van der Waals surface area contributed by atoms with E-state index in [1.54, 1.807) is 30.3 Å². The number of hydrogen-bond donors (Lipinski definition) is 1. The van der Waals surface area contributed by atoms with Gasteiger partial charge in [0.2, 0.25) is 0 Å². The highest BCUT2D eigenvalue weighted by molar-refractivity contribution is 5.94. The molecule has 2 aromatic rings. The fourth-order valence-corrected chi connectivity index (χ4v) is 2.92. The van der Waals surface area contributed by atoms with E-state index in [-0.39, 0.29) is 5.91 Å². The zero-order valence-corrected chi connectivity index (χ0v) is 15.5. The third-order valence-corrected chi connectivity index (χ3v) is 4.47. The van der Waals surface area contributed by atoms with Gasteiger partial charge in [-0.15, -0.1) is 0 Å². The van der Waals surface area contributed by atoms with Gasteiger partial charge in [0, 0.05) is 31.7 Å². The topological polar surface area (TPSA) is 50.8 Å². The summed E-state index contributed by atoms with van der Waals surface area (Å²) in [5, 5.41) is 2.96. The summed E-state index contributed by atoms with van der Waals surface area (Å²) in [6, 6.07) is 15.5. The Bertz CT molecular complexity index is 735. The van der Waals surface area contributed by atoms with Crippen molar-refractivity contribution in [2.24, 2.45) is 0 Å². The normalized spacial score (nSPS) is 14.5. The molecule has 2 aromatic carbocycles. The fraction of sp³-hybridized carbons (Fsp3) is 0.318. The minimum Gasteiger partial charge on any atom is -0.490 e. The van der Waals surface area contributed by atoms with Gasteiger partial charge in [-0.2, -0.15) is 0 Å². The first-order valence-corrected chi connectivity index (χ1v) is 9.24. The monoisotopic (exact) mass is 366 g/mol. The summed E-state index contributed by atoms with van der Waals surface area (Å²) in [6.07, 6.45) is 1.69. The molecule has 142 valence electrons. The second-order valence-corrected chi connectivity index (χ2v) is 6.51. The summed E-state index contributed by atoms with van der Waals surface area (Å²) in [7, 11) is 0. The van der Waals surface area contributed by atoms with E-state index in [4.69, 9.17) is 9.47 Å². The Kier molecular flexibility index (Phi) is 7.02. The molecule has 0 atom stereocenters. The molecule has 5 nitrogen and oxygen atoms in total. The molecule has 1 saturated heterocycles. The van der Waals surface area contributed by atoms with Crippen LogP contribution in [-0.2, 0) is 17.8 Å². The Balaban J connectivity index is 1.47. The van der Waals surface area contributed by atoms with Gasteiger partial charge in [-0.25, -0.2) is 0 Å². The quantitative estimate of drug-likeness (QED) is 0.730. The molecule has 0 unspecified atom stereocenters.